The van der Waals surface area contributed by atoms with Gasteiger partial charge in [-0.2, -0.15) is 0 Å². The second kappa shape index (κ2) is 10.7. The average molecular weight is 515 g/mol. The standard InChI is InChI=1S/C26H24ClFN2O4S/c27-21-8-11-24(23(16-21)25(31)19-4-2-1-3-5-19)29-26(32)20-12-14-30(15-13-20)35(33,34)17-18-6-9-22(28)10-7-18/h1-11,16,20H,12-15,17H2,(H,29,32). The molecule has 182 valence electrons. The van der Waals surface area contributed by atoms with E-state index >= 15 is 0 Å². The summed E-state index contributed by atoms with van der Waals surface area (Å²) in [5.41, 5.74) is 1.63. The highest BCUT2D eigenvalue weighted by molar-refractivity contribution is 7.88. The topological polar surface area (TPSA) is 83.6 Å². The molecule has 1 saturated heterocycles. The lowest BCUT2D eigenvalue weighted by atomic mass is 9.96. The van der Waals surface area contributed by atoms with Gasteiger partial charge in [0.1, 0.15) is 5.82 Å². The van der Waals surface area contributed by atoms with Crippen LogP contribution >= 0.6 is 11.6 Å². The van der Waals surface area contributed by atoms with E-state index in [2.05, 4.69) is 5.32 Å². The molecule has 1 fully saturated rings. The van der Waals surface area contributed by atoms with E-state index in [0.717, 1.165) is 0 Å². The molecule has 0 bridgehead atoms. The van der Waals surface area contributed by atoms with Crippen LogP contribution in [0.1, 0.15) is 34.3 Å². The summed E-state index contributed by atoms with van der Waals surface area (Å²) < 4.78 is 40.0. The van der Waals surface area contributed by atoms with Crippen molar-refractivity contribution >= 4 is 39.0 Å². The van der Waals surface area contributed by atoms with Crippen molar-refractivity contribution < 1.29 is 22.4 Å². The van der Waals surface area contributed by atoms with E-state index in [1.54, 1.807) is 36.4 Å². The van der Waals surface area contributed by atoms with Crippen molar-refractivity contribution in [2.75, 3.05) is 18.4 Å². The number of nitrogens with one attached hydrogen (secondary N) is 1. The van der Waals surface area contributed by atoms with Crippen LogP contribution in [0.15, 0.2) is 72.8 Å². The Morgan fingerprint density at radius 3 is 2.29 bits per heavy atom. The van der Waals surface area contributed by atoms with Gasteiger partial charge in [-0.3, -0.25) is 9.59 Å². The fourth-order valence-electron chi connectivity index (χ4n) is 4.07. The molecule has 1 aliphatic rings. The molecule has 4 rings (SSSR count). The molecule has 0 aromatic heterocycles. The Kier molecular flexibility index (Phi) is 7.64. The van der Waals surface area contributed by atoms with E-state index in [0.29, 0.717) is 34.7 Å². The van der Waals surface area contributed by atoms with E-state index in [1.165, 1.54) is 34.6 Å². The third-order valence-electron chi connectivity index (χ3n) is 6.00. The predicted octanol–water partition coefficient (Wildman–Crippen LogP) is 4.89. The molecule has 9 heteroatoms. The van der Waals surface area contributed by atoms with Gasteiger partial charge in [-0.1, -0.05) is 54.1 Å². The number of piperidine rings is 1. The number of rotatable bonds is 7. The number of benzene rings is 3. The van der Waals surface area contributed by atoms with E-state index < -0.39 is 21.8 Å². The lowest BCUT2D eigenvalue weighted by molar-refractivity contribution is -0.120. The number of hydrogen-bond acceptors (Lipinski definition) is 4. The number of amides is 1. The van der Waals surface area contributed by atoms with Crippen molar-refractivity contribution in [2.24, 2.45) is 5.92 Å². The Bertz CT molecular complexity index is 1320. The van der Waals surface area contributed by atoms with Crippen LogP contribution in [0.4, 0.5) is 10.1 Å². The van der Waals surface area contributed by atoms with Crippen LogP contribution in [0.25, 0.3) is 0 Å². The van der Waals surface area contributed by atoms with E-state index in [-0.39, 0.29) is 36.1 Å². The molecule has 0 aliphatic carbocycles. The van der Waals surface area contributed by atoms with Gasteiger partial charge in [0.25, 0.3) is 0 Å². The average Bonchev–Trinajstić information content (AvgIpc) is 2.86. The normalized spacial score (nSPS) is 15.0. The largest absolute Gasteiger partial charge is 0.325 e. The summed E-state index contributed by atoms with van der Waals surface area (Å²) in [5.74, 6) is -1.58. The number of nitrogens with zero attached hydrogens (tertiary/aromatic N) is 1. The van der Waals surface area contributed by atoms with Crippen molar-refractivity contribution in [2.45, 2.75) is 18.6 Å². The minimum absolute atomic E-state index is 0.206. The molecule has 0 radical (unpaired) electrons. The first-order valence-corrected chi connectivity index (χ1v) is 13.1. The lowest BCUT2D eigenvalue weighted by Gasteiger charge is -2.30. The first-order chi connectivity index (χ1) is 16.7. The molecule has 1 heterocycles. The monoisotopic (exact) mass is 514 g/mol. The summed E-state index contributed by atoms with van der Waals surface area (Å²) in [6.45, 7) is 0.413. The molecular weight excluding hydrogens is 491 g/mol. The molecule has 35 heavy (non-hydrogen) atoms. The number of ketones is 1. The molecule has 0 unspecified atom stereocenters. The quantitative estimate of drug-likeness (QED) is 0.455. The highest BCUT2D eigenvalue weighted by Gasteiger charge is 2.31. The number of halogens is 2. The molecular formula is C26H24ClFN2O4S. The van der Waals surface area contributed by atoms with Crippen LogP contribution in [0, 0.1) is 11.7 Å². The zero-order valence-corrected chi connectivity index (χ0v) is 20.4. The first kappa shape index (κ1) is 25.0. The number of sulfonamides is 1. The van der Waals surface area contributed by atoms with E-state index in [4.69, 9.17) is 11.6 Å². The maximum Gasteiger partial charge on any atom is 0.227 e. The van der Waals surface area contributed by atoms with Gasteiger partial charge in [0.2, 0.25) is 15.9 Å². The second-order valence-corrected chi connectivity index (χ2v) is 10.8. The number of carbonyl (C=O) groups is 2. The maximum atomic E-state index is 13.1. The third kappa shape index (κ3) is 6.14. The lowest BCUT2D eigenvalue weighted by Crippen LogP contribution is -2.42. The highest BCUT2D eigenvalue weighted by Crippen LogP contribution is 2.27. The molecule has 1 amide bonds. The Labute approximate surface area is 208 Å². The molecule has 0 saturated carbocycles. The minimum atomic E-state index is -3.59. The van der Waals surface area contributed by atoms with Gasteiger partial charge in [0.05, 0.1) is 11.4 Å². The Hall–Kier alpha value is -3.07. The summed E-state index contributed by atoms with van der Waals surface area (Å²) in [5, 5.41) is 3.21. The molecule has 3 aromatic carbocycles. The number of anilines is 1. The molecule has 1 N–H and O–H groups in total. The van der Waals surface area contributed by atoms with Crippen LogP contribution < -0.4 is 5.32 Å². The van der Waals surface area contributed by atoms with Crippen molar-refractivity contribution in [3.8, 4) is 0 Å². The number of hydrogen-bond donors (Lipinski definition) is 1. The zero-order chi connectivity index (χ0) is 25.0. The van der Waals surface area contributed by atoms with Crippen molar-refractivity contribution in [3.63, 3.8) is 0 Å². The molecule has 1 aliphatic heterocycles. The van der Waals surface area contributed by atoms with E-state index in [9.17, 15) is 22.4 Å². The molecule has 3 aromatic rings. The fraction of sp³-hybridized carbons (Fsp3) is 0.231. The second-order valence-electron chi connectivity index (χ2n) is 8.43. The van der Waals surface area contributed by atoms with Gasteiger partial charge in [-0.25, -0.2) is 17.1 Å². The summed E-state index contributed by atoms with van der Waals surface area (Å²) in [6.07, 6.45) is 0.702. The van der Waals surface area contributed by atoms with E-state index in [1.807, 2.05) is 6.07 Å². The summed E-state index contributed by atoms with van der Waals surface area (Å²) >= 11 is 6.11. The van der Waals surface area contributed by atoms with Gasteiger partial charge in [0, 0.05) is 35.2 Å². The minimum Gasteiger partial charge on any atom is -0.325 e. The van der Waals surface area contributed by atoms with Crippen molar-refractivity contribution in [1.82, 2.24) is 4.31 Å². The van der Waals surface area contributed by atoms with Crippen molar-refractivity contribution in [1.29, 1.82) is 0 Å². The molecule has 6 nitrogen and oxygen atoms in total. The van der Waals surface area contributed by atoms with Crippen LogP contribution in [0.2, 0.25) is 5.02 Å². The summed E-state index contributed by atoms with van der Waals surface area (Å²) in [7, 11) is -3.59. The van der Waals surface area contributed by atoms with Crippen LogP contribution in [0.3, 0.4) is 0 Å². The van der Waals surface area contributed by atoms with Crippen LogP contribution in [-0.2, 0) is 20.6 Å². The summed E-state index contributed by atoms with van der Waals surface area (Å²) in [6, 6.07) is 18.8. The van der Waals surface area contributed by atoms with Gasteiger partial charge >= 0.3 is 0 Å². The smallest absolute Gasteiger partial charge is 0.227 e. The first-order valence-electron chi connectivity index (χ1n) is 11.2. The molecule has 0 spiro atoms. The predicted molar refractivity (Wildman–Crippen MR) is 133 cm³/mol. The zero-order valence-electron chi connectivity index (χ0n) is 18.8. The van der Waals surface area contributed by atoms with Crippen molar-refractivity contribution in [3.05, 3.63) is 100 Å². The SMILES string of the molecule is O=C(c1ccccc1)c1cc(Cl)ccc1NC(=O)C1CCN(S(=O)(=O)Cc2ccc(F)cc2)CC1. The third-order valence-corrected chi connectivity index (χ3v) is 8.09. The van der Waals surface area contributed by atoms with Crippen LogP contribution in [0.5, 0.6) is 0 Å². The molecule has 0 atom stereocenters. The fourth-order valence-corrected chi connectivity index (χ4v) is 5.81. The number of carbonyl (C=O) groups excluding carboxylic acids is 2. The van der Waals surface area contributed by atoms with Crippen LogP contribution in [-0.4, -0.2) is 37.5 Å². The Morgan fingerprint density at radius 1 is 0.971 bits per heavy atom. The highest BCUT2D eigenvalue weighted by atomic mass is 35.5. The van der Waals surface area contributed by atoms with Gasteiger partial charge in [-0.15, -0.1) is 0 Å². The Balaban J connectivity index is 1.41. The maximum absolute atomic E-state index is 13.1. The summed E-state index contributed by atoms with van der Waals surface area (Å²) in [4.78, 5) is 26.0. The Morgan fingerprint density at radius 2 is 1.63 bits per heavy atom. The van der Waals surface area contributed by atoms with Gasteiger partial charge in [-0.05, 0) is 48.7 Å². The van der Waals surface area contributed by atoms with Gasteiger partial charge < -0.3 is 5.32 Å². The van der Waals surface area contributed by atoms with Gasteiger partial charge in [0.15, 0.2) is 5.78 Å².